The topological polar surface area (TPSA) is 75.3 Å². The monoisotopic (exact) mass is 350 g/mol. The standard InChI is InChI=1S/C15H15BrN2O3/c1-9-2-3-10(11(16)8-9)4-6-13(19)17-12-5-7-14(20)18-15(12)21/h2-4,6,8,12H,5,7H2,1H3,(H,17,19)(H,18,20,21). The van der Waals surface area contributed by atoms with Crippen LogP contribution in [0.3, 0.4) is 0 Å². The molecule has 6 heteroatoms. The lowest BCUT2D eigenvalue weighted by Gasteiger charge is -2.20. The molecule has 1 aromatic rings. The highest BCUT2D eigenvalue weighted by molar-refractivity contribution is 9.10. The fourth-order valence-electron chi connectivity index (χ4n) is 1.98. The Morgan fingerprint density at radius 2 is 2.19 bits per heavy atom. The van der Waals surface area contributed by atoms with Gasteiger partial charge in [0.25, 0.3) is 0 Å². The minimum absolute atomic E-state index is 0.240. The molecule has 0 aliphatic carbocycles. The number of nitrogens with one attached hydrogen (secondary N) is 2. The fourth-order valence-corrected chi connectivity index (χ4v) is 2.61. The Labute approximate surface area is 130 Å². The number of benzene rings is 1. The smallest absolute Gasteiger partial charge is 0.249 e. The Kier molecular flexibility index (Phi) is 4.90. The van der Waals surface area contributed by atoms with Crippen molar-refractivity contribution in [2.24, 2.45) is 0 Å². The van der Waals surface area contributed by atoms with Gasteiger partial charge in [0.1, 0.15) is 6.04 Å². The molecular formula is C15H15BrN2O3. The van der Waals surface area contributed by atoms with Gasteiger partial charge in [0.05, 0.1) is 0 Å². The van der Waals surface area contributed by atoms with Gasteiger partial charge in [0.15, 0.2) is 0 Å². The molecule has 1 aliphatic rings. The highest BCUT2D eigenvalue weighted by Crippen LogP contribution is 2.19. The predicted octanol–water partition coefficient (Wildman–Crippen LogP) is 1.69. The first-order chi connectivity index (χ1) is 9.95. The van der Waals surface area contributed by atoms with Gasteiger partial charge >= 0.3 is 0 Å². The van der Waals surface area contributed by atoms with Crippen LogP contribution >= 0.6 is 15.9 Å². The van der Waals surface area contributed by atoms with Crippen LogP contribution in [0.4, 0.5) is 0 Å². The number of amides is 3. The highest BCUT2D eigenvalue weighted by atomic mass is 79.9. The Morgan fingerprint density at radius 1 is 1.43 bits per heavy atom. The summed E-state index contributed by atoms with van der Waals surface area (Å²) in [6, 6.07) is 5.15. The first kappa shape index (κ1) is 15.4. The molecule has 0 bridgehead atoms. The number of rotatable bonds is 3. The summed E-state index contributed by atoms with van der Waals surface area (Å²) in [6.07, 6.45) is 3.62. The van der Waals surface area contributed by atoms with Crippen molar-refractivity contribution in [3.8, 4) is 0 Å². The van der Waals surface area contributed by atoms with E-state index >= 15 is 0 Å². The molecule has 3 amide bonds. The fraction of sp³-hybridized carbons (Fsp3) is 0.267. The van der Waals surface area contributed by atoms with Crippen molar-refractivity contribution in [3.63, 3.8) is 0 Å². The third kappa shape index (κ3) is 4.26. The molecule has 0 radical (unpaired) electrons. The highest BCUT2D eigenvalue weighted by Gasteiger charge is 2.27. The number of carbonyl (C=O) groups is 3. The zero-order valence-corrected chi connectivity index (χ0v) is 13.1. The second-order valence-electron chi connectivity index (χ2n) is 4.87. The molecule has 1 unspecified atom stereocenters. The van der Waals surface area contributed by atoms with E-state index in [4.69, 9.17) is 0 Å². The van der Waals surface area contributed by atoms with Crippen LogP contribution in [-0.4, -0.2) is 23.8 Å². The predicted molar refractivity (Wildman–Crippen MR) is 82.2 cm³/mol. The molecule has 1 saturated heterocycles. The normalized spacial score (nSPS) is 18.7. The van der Waals surface area contributed by atoms with E-state index in [2.05, 4.69) is 26.6 Å². The maximum Gasteiger partial charge on any atom is 0.249 e. The number of hydrogen-bond donors (Lipinski definition) is 2. The number of aryl methyl sites for hydroxylation is 1. The summed E-state index contributed by atoms with van der Waals surface area (Å²) in [5.74, 6) is -1.12. The van der Waals surface area contributed by atoms with Crippen molar-refractivity contribution < 1.29 is 14.4 Å². The van der Waals surface area contributed by atoms with Crippen molar-refractivity contribution in [1.29, 1.82) is 0 Å². The minimum atomic E-state index is -0.652. The molecule has 0 spiro atoms. The van der Waals surface area contributed by atoms with Gasteiger partial charge in [-0.2, -0.15) is 0 Å². The van der Waals surface area contributed by atoms with Crippen molar-refractivity contribution in [2.45, 2.75) is 25.8 Å². The molecule has 5 nitrogen and oxygen atoms in total. The van der Waals surface area contributed by atoms with Crippen molar-refractivity contribution in [1.82, 2.24) is 10.6 Å². The van der Waals surface area contributed by atoms with Crippen LogP contribution in [0.2, 0.25) is 0 Å². The summed E-state index contributed by atoms with van der Waals surface area (Å²) in [5.41, 5.74) is 1.99. The molecule has 1 aromatic carbocycles. The molecule has 1 fully saturated rings. The summed E-state index contributed by atoms with van der Waals surface area (Å²) >= 11 is 3.43. The van der Waals surface area contributed by atoms with Gasteiger partial charge in [-0.25, -0.2) is 0 Å². The van der Waals surface area contributed by atoms with E-state index in [1.165, 1.54) is 6.08 Å². The zero-order valence-electron chi connectivity index (χ0n) is 11.5. The number of hydrogen-bond acceptors (Lipinski definition) is 3. The van der Waals surface area contributed by atoms with Crippen LogP contribution < -0.4 is 10.6 Å². The first-order valence-corrected chi connectivity index (χ1v) is 7.33. The third-order valence-electron chi connectivity index (χ3n) is 3.13. The molecule has 21 heavy (non-hydrogen) atoms. The van der Waals surface area contributed by atoms with E-state index < -0.39 is 11.9 Å². The largest absolute Gasteiger partial charge is 0.341 e. The SMILES string of the molecule is Cc1ccc(C=CC(=O)NC2CCC(=O)NC2=O)c(Br)c1. The molecule has 1 atom stereocenters. The zero-order chi connectivity index (χ0) is 15.4. The van der Waals surface area contributed by atoms with Crippen LogP contribution in [0, 0.1) is 6.92 Å². The Balaban J connectivity index is 1.96. The summed E-state index contributed by atoms with van der Waals surface area (Å²) < 4.78 is 0.896. The maximum absolute atomic E-state index is 11.8. The van der Waals surface area contributed by atoms with Crippen LogP contribution in [0.25, 0.3) is 6.08 Å². The number of imide groups is 1. The summed E-state index contributed by atoms with van der Waals surface area (Å²) in [4.78, 5) is 34.4. The Hall–Kier alpha value is -1.95. The lowest BCUT2D eigenvalue weighted by atomic mass is 10.1. The number of piperidine rings is 1. The van der Waals surface area contributed by atoms with Gasteiger partial charge in [-0.1, -0.05) is 28.1 Å². The van der Waals surface area contributed by atoms with Crippen LogP contribution in [0.5, 0.6) is 0 Å². The van der Waals surface area contributed by atoms with Gasteiger partial charge in [-0.3, -0.25) is 19.7 Å². The van der Waals surface area contributed by atoms with E-state index in [1.807, 2.05) is 25.1 Å². The lowest BCUT2D eigenvalue weighted by Crippen LogP contribution is -2.51. The summed E-state index contributed by atoms with van der Waals surface area (Å²) in [7, 11) is 0. The van der Waals surface area contributed by atoms with Gasteiger partial charge in [-0.15, -0.1) is 0 Å². The molecule has 110 valence electrons. The summed E-state index contributed by atoms with van der Waals surface area (Å²) in [6.45, 7) is 1.98. The molecule has 2 N–H and O–H groups in total. The second kappa shape index (κ2) is 6.67. The Morgan fingerprint density at radius 3 is 2.86 bits per heavy atom. The minimum Gasteiger partial charge on any atom is -0.341 e. The van der Waals surface area contributed by atoms with Crippen LogP contribution in [0.15, 0.2) is 28.7 Å². The van der Waals surface area contributed by atoms with E-state index in [0.717, 1.165) is 15.6 Å². The molecular weight excluding hydrogens is 336 g/mol. The van der Waals surface area contributed by atoms with Crippen molar-refractivity contribution in [3.05, 3.63) is 39.9 Å². The van der Waals surface area contributed by atoms with Crippen molar-refractivity contribution >= 4 is 39.7 Å². The van der Waals surface area contributed by atoms with Gasteiger partial charge in [0.2, 0.25) is 17.7 Å². The van der Waals surface area contributed by atoms with Crippen LogP contribution in [0.1, 0.15) is 24.0 Å². The van der Waals surface area contributed by atoms with E-state index in [9.17, 15) is 14.4 Å². The van der Waals surface area contributed by atoms with Crippen LogP contribution in [-0.2, 0) is 14.4 Å². The maximum atomic E-state index is 11.8. The van der Waals surface area contributed by atoms with Gasteiger partial charge in [-0.05, 0) is 36.6 Å². The number of halogens is 1. The average Bonchev–Trinajstić information content (AvgIpc) is 2.41. The quantitative estimate of drug-likeness (QED) is 0.643. The molecule has 2 rings (SSSR count). The number of carbonyl (C=O) groups excluding carboxylic acids is 3. The van der Waals surface area contributed by atoms with Gasteiger partial charge in [0, 0.05) is 17.0 Å². The summed E-state index contributed by atoms with van der Waals surface area (Å²) in [5, 5.41) is 4.78. The lowest BCUT2D eigenvalue weighted by molar-refractivity contribution is -0.136. The molecule has 0 aromatic heterocycles. The average molecular weight is 351 g/mol. The molecule has 1 aliphatic heterocycles. The van der Waals surface area contributed by atoms with E-state index in [0.29, 0.717) is 6.42 Å². The van der Waals surface area contributed by atoms with Crippen molar-refractivity contribution in [2.75, 3.05) is 0 Å². The van der Waals surface area contributed by atoms with E-state index in [-0.39, 0.29) is 18.2 Å². The van der Waals surface area contributed by atoms with Gasteiger partial charge < -0.3 is 5.32 Å². The molecule has 0 saturated carbocycles. The first-order valence-electron chi connectivity index (χ1n) is 6.54. The molecule has 1 heterocycles. The second-order valence-corrected chi connectivity index (χ2v) is 5.72. The third-order valence-corrected chi connectivity index (χ3v) is 3.81. The van der Waals surface area contributed by atoms with E-state index in [1.54, 1.807) is 6.08 Å². The Bertz CT molecular complexity index is 625.